The largest absolute Gasteiger partial charge is 0.396 e. The van der Waals surface area contributed by atoms with Gasteiger partial charge in [-0.25, -0.2) is 18.7 Å². The minimum absolute atomic E-state index is 0.0414. The maximum absolute atomic E-state index is 14.6. The third kappa shape index (κ3) is 4.51. The smallest absolute Gasteiger partial charge is 0.271 e. The van der Waals surface area contributed by atoms with Gasteiger partial charge in [0, 0.05) is 41.3 Å². The highest BCUT2D eigenvalue weighted by Gasteiger charge is 2.26. The Balaban J connectivity index is 1.33. The molecule has 0 saturated heterocycles. The fourth-order valence-corrected chi connectivity index (χ4v) is 4.77. The molecular formula is C23H23ClF2N8O. The van der Waals surface area contributed by atoms with E-state index in [4.69, 9.17) is 17.3 Å². The minimum Gasteiger partial charge on any atom is -0.396 e. The number of benzene rings is 1. The lowest BCUT2D eigenvalue weighted by atomic mass is 9.91. The number of fused-ring (bicyclic) bond motifs is 1. The van der Waals surface area contributed by atoms with Gasteiger partial charge in [0.25, 0.3) is 5.91 Å². The molecule has 3 aromatic heterocycles. The van der Waals surface area contributed by atoms with Gasteiger partial charge in [0.2, 0.25) is 0 Å². The molecule has 2 atom stereocenters. The molecule has 1 aromatic carbocycles. The van der Waals surface area contributed by atoms with E-state index in [0.29, 0.717) is 28.8 Å². The number of carbonyl (C=O) groups excluding carboxylic acids is 1. The Bertz CT molecular complexity index is 1400. The number of aromatic amines is 1. The number of aryl methyl sites for hydroxylation is 1. The third-order valence-electron chi connectivity index (χ3n) is 6.22. The summed E-state index contributed by atoms with van der Waals surface area (Å²) in [6, 6.07) is 2.58. The minimum atomic E-state index is -0.605. The molecule has 0 radical (unpaired) electrons. The van der Waals surface area contributed by atoms with Gasteiger partial charge in [0.1, 0.15) is 11.5 Å². The van der Waals surface area contributed by atoms with Crippen LogP contribution in [-0.2, 0) is 7.05 Å². The number of rotatable bonds is 5. The summed E-state index contributed by atoms with van der Waals surface area (Å²) in [6.45, 7) is 0. The average molecular weight is 501 g/mol. The van der Waals surface area contributed by atoms with Crippen LogP contribution >= 0.6 is 11.6 Å². The lowest BCUT2D eigenvalue weighted by Crippen LogP contribution is -2.42. The van der Waals surface area contributed by atoms with Crippen molar-refractivity contribution in [2.24, 2.45) is 7.05 Å². The zero-order chi connectivity index (χ0) is 24.7. The second-order valence-corrected chi connectivity index (χ2v) is 9.09. The number of halogens is 3. The number of anilines is 2. The van der Waals surface area contributed by atoms with Crippen LogP contribution in [0.25, 0.3) is 22.3 Å². The van der Waals surface area contributed by atoms with Crippen molar-refractivity contribution in [1.29, 1.82) is 0 Å². The summed E-state index contributed by atoms with van der Waals surface area (Å²) in [5.74, 6) is -1.13. The van der Waals surface area contributed by atoms with E-state index in [9.17, 15) is 13.6 Å². The molecule has 1 amide bonds. The first-order chi connectivity index (χ1) is 16.8. The molecule has 182 valence electrons. The van der Waals surface area contributed by atoms with Crippen LogP contribution in [0.2, 0.25) is 5.02 Å². The van der Waals surface area contributed by atoms with Crippen molar-refractivity contribution in [2.45, 2.75) is 37.8 Å². The highest BCUT2D eigenvalue weighted by Crippen LogP contribution is 2.32. The fourth-order valence-electron chi connectivity index (χ4n) is 4.57. The Labute approximate surface area is 204 Å². The highest BCUT2D eigenvalue weighted by molar-refractivity contribution is 6.31. The van der Waals surface area contributed by atoms with Crippen LogP contribution in [0, 0.1) is 11.6 Å². The normalized spacial score (nSPS) is 18.1. The van der Waals surface area contributed by atoms with Gasteiger partial charge in [0.15, 0.2) is 17.5 Å². The number of carbonyl (C=O) groups is 1. The van der Waals surface area contributed by atoms with Gasteiger partial charge in [-0.2, -0.15) is 5.10 Å². The molecule has 12 heteroatoms. The number of aromatic nitrogens is 5. The Morgan fingerprint density at radius 1 is 1.23 bits per heavy atom. The molecular weight excluding hydrogens is 478 g/mol. The first-order valence-corrected chi connectivity index (χ1v) is 11.5. The number of nitrogens with zero attached hydrogens (tertiary/aromatic N) is 4. The van der Waals surface area contributed by atoms with Gasteiger partial charge in [-0.15, -0.1) is 0 Å². The summed E-state index contributed by atoms with van der Waals surface area (Å²) in [5, 5.41) is 10.9. The summed E-state index contributed by atoms with van der Waals surface area (Å²) in [7, 11) is 1.65. The second-order valence-electron chi connectivity index (χ2n) is 8.65. The number of amides is 1. The Morgan fingerprint density at radius 2 is 2.03 bits per heavy atom. The van der Waals surface area contributed by atoms with Gasteiger partial charge in [-0.3, -0.25) is 9.48 Å². The monoisotopic (exact) mass is 500 g/mol. The first-order valence-electron chi connectivity index (χ1n) is 11.1. The fraction of sp³-hybridized carbons (Fsp3) is 0.304. The third-order valence-corrected chi connectivity index (χ3v) is 6.44. The van der Waals surface area contributed by atoms with E-state index in [-0.39, 0.29) is 40.2 Å². The zero-order valence-corrected chi connectivity index (χ0v) is 19.5. The van der Waals surface area contributed by atoms with Crippen LogP contribution in [0.3, 0.4) is 0 Å². The van der Waals surface area contributed by atoms with Crippen LogP contribution in [0.5, 0.6) is 0 Å². The number of nitrogens with one attached hydrogen (secondary N) is 3. The number of hydrogen-bond donors (Lipinski definition) is 4. The standard InChI is InChI=1S/C23H23ClF2N8O/c1-34-20(18(27)10-30-34)23(35)32-13-4-2-3-12(7-13)31-22-17(26)9-29-21(33-22)15-8-28-19-14(15)5-11(24)6-16(19)25/h5-6,8-10,12-13,28H,2-4,7,27H2,1H3,(H,32,35)(H,29,31,33)/t12-,13+/m0/s1. The van der Waals surface area contributed by atoms with Crippen molar-refractivity contribution in [3.05, 3.63) is 53.1 Å². The molecule has 0 bridgehead atoms. The molecule has 1 aliphatic carbocycles. The van der Waals surface area contributed by atoms with Crippen molar-refractivity contribution in [1.82, 2.24) is 30.0 Å². The molecule has 0 aliphatic heterocycles. The SMILES string of the molecule is Cn1ncc(N)c1C(=O)N[C@@H]1CCC[C@H](Nc2nc(-c3c[nH]c4c(F)cc(Cl)cc34)ncc2F)C1. The van der Waals surface area contributed by atoms with Crippen LogP contribution in [-0.4, -0.2) is 42.7 Å². The lowest BCUT2D eigenvalue weighted by molar-refractivity contribution is 0.0917. The van der Waals surface area contributed by atoms with Gasteiger partial charge in [-0.05, 0) is 37.8 Å². The van der Waals surface area contributed by atoms with E-state index in [2.05, 4.69) is 30.7 Å². The quantitative estimate of drug-likeness (QED) is 0.328. The number of nitrogens with two attached hydrogens (primary N) is 1. The molecule has 35 heavy (non-hydrogen) atoms. The molecule has 0 spiro atoms. The van der Waals surface area contributed by atoms with Gasteiger partial charge in [-0.1, -0.05) is 11.6 Å². The van der Waals surface area contributed by atoms with E-state index in [1.54, 1.807) is 19.3 Å². The van der Waals surface area contributed by atoms with Gasteiger partial charge >= 0.3 is 0 Å². The molecule has 1 aliphatic rings. The van der Waals surface area contributed by atoms with E-state index in [1.807, 2.05) is 0 Å². The van der Waals surface area contributed by atoms with E-state index >= 15 is 0 Å². The van der Waals surface area contributed by atoms with Crippen molar-refractivity contribution in [3.63, 3.8) is 0 Å². The summed E-state index contributed by atoms with van der Waals surface area (Å²) in [6.07, 6.45) is 7.08. The number of hydrogen-bond acceptors (Lipinski definition) is 6. The molecule has 1 saturated carbocycles. The molecule has 5 rings (SSSR count). The molecule has 4 aromatic rings. The molecule has 3 heterocycles. The molecule has 9 nitrogen and oxygen atoms in total. The van der Waals surface area contributed by atoms with Crippen molar-refractivity contribution >= 4 is 39.9 Å². The summed E-state index contributed by atoms with van der Waals surface area (Å²) in [4.78, 5) is 24.0. The maximum atomic E-state index is 14.6. The van der Waals surface area contributed by atoms with Crippen LogP contribution in [0.4, 0.5) is 20.3 Å². The van der Waals surface area contributed by atoms with Crippen molar-refractivity contribution < 1.29 is 13.6 Å². The van der Waals surface area contributed by atoms with Gasteiger partial charge < -0.3 is 21.4 Å². The van der Waals surface area contributed by atoms with Gasteiger partial charge in [0.05, 0.1) is 23.6 Å². The molecule has 5 N–H and O–H groups in total. The predicted octanol–water partition coefficient (Wildman–Crippen LogP) is 4.03. The number of nitrogen functional groups attached to an aromatic ring is 1. The highest BCUT2D eigenvalue weighted by atomic mass is 35.5. The van der Waals surface area contributed by atoms with Crippen LogP contribution in [0.15, 0.2) is 30.7 Å². The summed E-state index contributed by atoms with van der Waals surface area (Å²) < 4.78 is 30.3. The zero-order valence-electron chi connectivity index (χ0n) is 18.8. The Kier molecular flexibility index (Phi) is 6.01. The van der Waals surface area contributed by atoms with Crippen molar-refractivity contribution in [2.75, 3.05) is 11.1 Å². The molecule has 1 fully saturated rings. The number of H-pyrrole nitrogens is 1. The van der Waals surface area contributed by atoms with E-state index in [1.165, 1.54) is 16.9 Å². The predicted molar refractivity (Wildman–Crippen MR) is 129 cm³/mol. The average Bonchev–Trinajstić information content (AvgIpc) is 3.38. The second kappa shape index (κ2) is 9.14. The van der Waals surface area contributed by atoms with E-state index in [0.717, 1.165) is 25.5 Å². The van der Waals surface area contributed by atoms with Crippen LogP contribution < -0.4 is 16.4 Å². The maximum Gasteiger partial charge on any atom is 0.271 e. The Hall–Kier alpha value is -3.73. The lowest BCUT2D eigenvalue weighted by Gasteiger charge is -2.30. The van der Waals surface area contributed by atoms with E-state index < -0.39 is 11.6 Å². The first kappa shape index (κ1) is 23.0. The van der Waals surface area contributed by atoms with Crippen LogP contribution in [0.1, 0.15) is 36.2 Å². The topological polar surface area (TPSA) is 127 Å². The summed E-state index contributed by atoms with van der Waals surface area (Å²) in [5.41, 5.74) is 7.25. The van der Waals surface area contributed by atoms with Crippen molar-refractivity contribution in [3.8, 4) is 11.4 Å². The Morgan fingerprint density at radius 3 is 2.80 bits per heavy atom. The molecule has 0 unspecified atom stereocenters. The summed E-state index contributed by atoms with van der Waals surface area (Å²) >= 11 is 6.02.